The smallest absolute Gasteiger partial charge is 0.335 e. The van der Waals surface area contributed by atoms with Crippen molar-refractivity contribution < 1.29 is 32.3 Å². The van der Waals surface area contributed by atoms with Crippen LogP contribution in [-0.2, 0) is 0 Å². The fraction of sp³-hybridized carbons (Fsp3) is 0. The van der Waals surface area contributed by atoms with E-state index in [4.69, 9.17) is 5.11 Å². The van der Waals surface area contributed by atoms with Crippen LogP contribution in [0.2, 0.25) is 0 Å². The third-order valence-corrected chi connectivity index (χ3v) is 2.72. The van der Waals surface area contributed by atoms with Gasteiger partial charge in [0.1, 0.15) is 11.6 Å². The predicted molar refractivity (Wildman–Crippen MR) is 67.6 cm³/mol. The van der Waals surface area contributed by atoms with Crippen LogP contribution >= 0.6 is 0 Å². The standard InChI is InChI=1S/C14H7F4NO3/c15-8-3-6(14(21)22)1-2-7(8)13(20)19-12-5-10(17)9(16)4-11(12)18/h1-5H,(H,19,20)(H,21,22). The van der Waals surface area contributed by atoms with Crippen LogP contribution in [0.5, 0.6) is 0 Å². The summed E-state index contributed by atoms with van der Waals surface area (Å²) in [6.07, 6.45) is 0. The summed E-state index contributed by atoms with van der Waals surface area (Å²) < 4.78 is 52.8. The van der Waals surface area contributed by atoms with Gasteiger partial charge in [0.25, 0.3) is 5.91 Å². The van der Waals surface area contributed by atoms with E-state index in [0.29, 0.717) is 12.1 Å². The molecule has 0 aliphatic rings. The molecule has 0 atom stereocenters. The molecule has 114 valence electrons. The summed E-state index contributed by atoms with van der Waals surface area (Å²) in [4.78, 5) is 22.4. The fourth-order valence-corrected chi connectivity index (χ4v) is 1.64. The molecule has 0 aliphatic carbocycles. The highest BCUT2D eigenvalue weighted by Crippen LogP contribution is 2.20. The largest absolute Gasteiger partial charge is 0.478 e. The summed E-state index contributed by atoms with van der Waals surface area (Å²) in [5, 5.41) is 10.5. The number of aromatic carboxylic acids is 1. The quantitative estimate of drug-likeness (QED) is 0.675. The highest BCUT2D eigenvalue weighted by atomic mass is 19.2. The number of nitrogens with one attached hydrogen (secondary N) is 1. The van der Waals surface area contributed by atoms with E-state index in [2.05, 4.69) is 0 Å². The lowest BCUT2D eigenvalue weighted by molar-refractivity contribution is 0.0695. The molecule has 8 heteroatoms. The fourth-order valence-electron chi connectivity index (χ4n) is 1.64. The van der Waals surface area contributed by atoms with Crippen molar-refractivity contribution in [2.45, 2.75) is 0 Å². The van der Waals surface area contributed by atoms with Gasteiger partial charge in [0, 0.05) is 12.1 Å². The van der Waals surface area contributed by atoms with Gasteiger partial charge in [0.2, 0.25) is 0 Å². The lowest BCUT2D eigenvalue weighted by Gasteiger charge is -2.08. The van der Waals surface area contributed by atoms with E-state index in [1.807, 2.05) is 5.32 Å². The van der Waals surface area contributed by atoms with E-state index in [0.717, 1.165) is 12.1 Å². The summed E-state index contributed by atoms with van der Waals surface area (Å²) in [5.74, 6) is -7.75. The van der Waals surface area contributed by atoms with Gasteiger partial charge >= 0.3 is 5.97 Å². The lowest BCUT2D eigenvalue weighted by atomic mass is 10.1. The molecular formula is C14H7F4NO3. The van der Waals surface area contributed by atoms with Gasteiger partial charge in [-0.1, -0.05) is 0 Å². The molecule has 0 heterocycles. The molecule has 2 aromatic carbocycles. The van der Waals surface area contributed by atoms with Gasteiger partial charge in [-0.3, -0.25) is 4.79 Å². The SMILES string of the molecule is O=C(O)c1ccc(C(=O)Nc2cc(F)c(F)cc2F)c(F)c1. The van der Waals surface area contributed by atoms with Crippen LogP contribution in [-0.4, -0.2) is 17.0 Å². The summed E-state index contributed by atoms with van der Waals surface area (Å²) in [6, 6.07) is 3.10. The first-order chi connectivity index (χ1) is 10.3. The molecule has 0 saturated carbocycles. The molecule has 0 spiro atoms. The Hall–Kier alpha value is -2.90. The van der Waals surface area contributed by atoms with Crippen LogP contribution < -0.4 is 5.32 Å². The second-order valence-corrected chi connectivity index (χ2v) is 4.20. The summed E-state index contributed by atoms with van der Waals surface area (Å²) in [7, 11) is 0. The Morgan fingerprint density at radius 1 is 0.864 bits per heavy atom. The molecule has 2 aromatic rings. The highest BCUT2D eigenvalue weighted by Gasteiger charge is 2.17. The third-order valence-electron chi connectivity index (χ3n) is 2.72. The number of carbonyl (C=O) groups excluding carboxylic acids is 1. The van der Waals surface area contributed by atoms with Crippen molar-refractivity contribution in [3.8, 4) is 0 Å². The van der Waals surface area contributed by atoms with Crippen LogP contribution in [0.1, 0.15) is 20.7 Å². The number of anilines is 1. The van der Waals surface area contributed by atoms with Gasteiger partial charge in [-0.25, -0.2) is 22.4 Å². The molecule has 0 aliphatic heterocycles. The Morgan fingerprint density at radius 3 is 2.09 bits per heavy atom. The maximum absolute atomic E-state index is 13.7. The van der Waals surface area contributed by atoms with Gasteiger partial charge < -0.3 is 10.4 Å². The second kappa shape index (κ2) is 5.84. The molecule has 0 unspecified atom stereocenters. The lowest BCUT2D eigenvalue weighted by Crippen LogP contribution is -2.15. The van der Waals surface area contributed by atoms with E-state index >= 15 is 0 Å². The average Bonchev–Trinajstić information content (AvgIpc) is 2.44. The maximum Gasteiger partial charge on any atom is 0.335 e. The van der Waals surface area contributed by atoms with E-state index in [9.17, 15) is 27.2 Å². The molecule has 1 amide bonds. The molecular weight excluding hydrogens is 306 g/mol. The predicted octanol–water partition coefficient (Wildman–Crippen LogP) is 3.19. The zero-order chi connectivity index (χ0) is 16.4. The number of carboxylic acids is 1. The molecule has 0 radical (unpaired) electrons. The van der Waals surface area contributed by atoms with Gasteiger partial charge in [0.15, 0.2) is 11.6 Å². The molecule has 0 aromatic heterocycles. The van der Waals surface area contributed by atoms with Crippen molar-refractivity contribution in [1.29, 1.82) is 0 Å². The summed E-state index contributed by atoms with van der Waals surface area (Å²) in [5.41, 5.74) is -1.63. The number of rotatable bonds is 3. The molecule has 0 fully saturated rings. The van der Waals surface area contributed by atoms with Crippen LogP contribution in [0.3, 0.4) is 0 Å². The second-order valence-electron chi connectivity index (χ2n) is 4.20. The topological polar surface area (TPSA) is 66.4 Å². The van der Waals surface area contributed by atoms with Crippen LogP contribution in [0.25, 0.3) is 0 Å². The minimum Gasteiger partial charge on any atom is -0.478 e. The minimum atomic E-state index is -1.44. The molecule has 2 rings (SSSR count). The molecule has 22 heavy (non-hydrogen) atoms. The van der Waals surface area contributed by atoms with Gasteiger partial charge in [0.05, 0.1) is 16.8 Å². The third kappa shape index (κ3) is 3.05. The van der Waals surface area contributed by atoms with Gasteiger partial charge in [-0.15, -0.1) is 0 Å². The van der Waals surface area contributed by atoms with Crippen LogP contribution in [0.4, 0.5) is 23.2 Å². The van der Waals surface area contributed by atoms with Crippen molar-refractivity contribution in [1.82, 2.24) is 0 Å². The molecule has 0 saturated heterocycles. The van der Waals surface area contributed by atoms with Crippen molar-refractivity contribution in [3.05, 3.63) is 64.7 Å². The monoisotopic (exact) mass is 313 g/mol. The maximum atomic E-state index is 13.7. The van der Waals surface area contributed by atoms with Gasteiger partial charge in [-0.05, 0) is 18.2 Å². The van der Waals surface area contributed by atoms with E-state index < -0.39 is 46.4 Å². The van der Waals surface area contributed by atoms with Crippen molar-refractivity contribution in [3.63, 3.8) is 0 Å². The van der Waals surface area contributed by atoms with Crippen molar-refractivity contribution in [2.75, 3.05) is 5.32 Å². The van der Waals surface area contributed by atoms with Crippen LogP contribution in [0.15, 0.2) is 30.3 Å². The first-order valence-corrected chi connectivity index (χ1v) is 5.78. The highest BCUT2D eigenvalue weighted by molar-refractivity contribution is 6.05. The zero-order valence-electron chi connectivity index (χ0n) is 10.7. The Morgan fingerprint density at radius 2 is 1.50 bits per heavy atom. The van der Waals surface area contributed by atoms with Gasteiger partial charge in [-0.2, -0.15) is 0 Å². The van der Waals surface area contributed by atoms with Crippen molar-refractivity contribution >= 4 is 17.6 Å². The number of carbonyl (C=O) groups is 2. The minimum absolute atomic E-state index is 0.231. The Balaban J connectivity index is 2.30. The number of hydrogen-bond donors (Lipinski definition) is 2. The molecule has 4 nitrogen and oxygen atoms in total. The normalized spacial score (nSPS) is 10.4. The van der Waals surface area contributed by atoms with E-state index in [1.54, 1.807) is 0 Å². The van der Waals surface area contributed by atoms with E-state index in [-0.39, 0.29) is 11.6 Å². The molecule has 2 N–H and O–H groups in total. The number of hydrogen-bond acceptors (Lipinski definition) is 2. The summed E-state index contributed by atoms with van der Waals surface area (Å²) >= 11 is 0. The zero-order valence-corrected chi connectivity index (χ0v) is 10.7. The summed E-state index contributed by atoms with van der Waals surface area (Å²) in [6.45, 7) is 0. The molecule has 0 bridgehead atoms. The first-order valence-electron chi connectivity index (χ1n) is 5.78. The number of benzene rings is 2. The Labute approximate surface area is 121 Å². The average molecular weight is 313 g/mol. The first kappa shape index (κ1) is 15.5. The van der Waals surface area contributed by atoms with E-state index in [1.165, 1.54) is 0 Å². The Kier molecular flexibility index (Phi) is 4.11. The van der Waals surface area contributed by atoms with Crippen LogP contribution in [0, 0.1) is 23.3 Å². The Bertz CT molecular complexity index is 777. The number of amides is 1. The van der Waals surface area contributed by atoms with Crippen molar-refractivity contribution in [2.24, 2.45) is 0 Å². The number of halogens is 4. The number of carboxylic acid groups (broad SMARTS) is 1.